The molecule has 2 rings (SSSR count). The number of carbonyl (C=O) groups is 1. The Morgan fingerprint density at radius 3 is 2.78 bits per heavy atom. The highest BCUT2D eigenvalue weighted by atomic mass is 16.2. The summed E-state index contributed by atoms with van der Waals surface area (Å²) >= 11 is 0. The van der Waals surface area contributed by atoms with Gasteiger partial charge in [-0.15, -0.1) is 0 Å². The standard InChI is InChI=1S/C12H21N5O/c1-9-3-5-17(6-4-9)12(18)14-7-10-8-15-16(2)11(10)13/h8-9H,3-7,13H2,1-2H3,(H,14,18). The number of likely N-dealkylation sites (tertiary alicyclic amines) is 1. The van der Waals surface area contributed by atoms with Crippen molar-refractivity contribution in [1.29, 1.82) is 0 Å². The molecule has 18 heavy (non-hydrogen) atoms. The van der Waals surface area contributed by atoms with Crippen molar-refractivity contribution in [2.24, 2.45) is 13.0 Å². The van der Waals surface area contributed by atoms with E-state index in [9.17, 15) is 4.79 Å². The molecule has 6 heteroatoms. The Morgan fingerprint density at radius 2 is 2.22 bits per heavy atom. The lowest BCUT2D eigenvalue weighted by molar-refractivity contribution is 0.173. The van der Waals surface area contributed by atoms with Crippen LogP contribution in [-0.2, 0) is 13.6 Å². The van der Waals surface area contributed by atoms with Gasteiger partial charge in [0.15, 0.2) is 0 Å². The van der Waals surface area contributed by atoms with Crippen molar-refractivity contribution in [3.05, 3.63) is 11.8 Å². The molecular weight excluding hydrogens is 230 g/mol. The SMILES string of the molecule is CC1CCN(C(=O)NCc2cnn(C)c2N)CC1. The molecule has 0 bridgehead atoms. The van der Waals surface area contributed by atoms with Crippen molar-refractivity contribution >= 4 is 11.8 Å². The van der Waals surface area contributed by atoms with Gasteiger partial charge in [0, 0.05) is 32.2 Å². The van der Waals surface area contributed by atoms with E-state index in [1.165, 1.54) is 0 Å². The highest BCUT2D eigenvalue weighted by Gasteiger charge is 2.20. The zero-order valence-corrected chi connectivity index (χ0v) is 11.0. The molecule has 1 saturated heterocycles. The fraction of sp³-hybridized carbons (Fsp3) is 0.667. The predicted molar refractivity (Wildman–Crippen MR) is 69.8 cm³/mol. The summed E-state index contributed by atoms with van der Waals surface area (Å²) < 4.78 is 1.60. The molecule has 0 atom stereocenters. The average molecular weight is 251 g/mol. The Bertz CT molecular complexity index is 420. The van der Waals surface area contributed by atoms with Crippen molar-refractivity contribution in [2.45, 2.75) is 26.3 Å². The third kappa shape index (κ3) is 2.75. The molecule has 1 fully saturated rings. The predicted octanol–water partition coefficient (Wildman–Crippen LogP) is 0.944. The summed E-state index contributed by atoms with van der Waals surface area (Å²) in [6, 6.07) is -0.00912. The number of anilines is 1. The fourth-order valence-electron chi connectivity index (χ4n) is 2.12. The van der Waals surface area contributed by atoms with Crippen molar-refractivity contribution in [3.8, 4) is 0 Å². The number of aromatic nitrogens is 2. The van der Waals surface area contributed by atoms with Crippen LogP contribution in [0.4, 0.5) is 10.6 Å². The van der Waals surface area contributed by atoms with Crippen LogP contribution in [-0.4, -0.2) is 33.8 Å². The van der Waals surface area contributed by atoms with E-state index < -0.39 is 0 Å². The number of urea groups is 1. The lowest BCUT2D eigenvalue weighted by Gasteiger charge is -2.30. The summed E-state index contributed by atoms with van der Waals surface area (Å²) in [6.07, 6.45) is 3.86. The van der Waals surface area contributed by atoms with E-state index in [4.69, 9.17) is 5.73 Å². The second-order valence-corrected chi connectivity index (χ2v) is 5.01. The first-order chi connectivity index (χ1) is 8.58. The Morgan fingerprint density at radius 1 is 1.56 bits per heavy atom. The second-order valence-electron chi connectivity index (χ2n) is 5.01. The third-order valence-electron chi connectivity index (χ3n) is 3.57. The van der Waals surface area contributed by atoms with Gasteiger partial charge in [-0.25, -0.2) is 4.79 Å². The molecule has 0 radical (unpaired) electrons. The Balaban J connectivity index is 1.83. The number of hydrogen-bond donors (Lipinski definition) is 2. The topological polar surface area (TPSA) is 76.2 Å². The maximum Gasteiger partial charge on any atom is 0.317 e. The Hall–Kier alpha value is -1.72. The number of nitrogens with zero attached hydrogens (tertiary/aromatic N) is 3. The minimum Gasteiger partial charge on any atom is -0.384 e. The molecule has 2 amide bonds. The first kappa shape index (κ1) is 12.7. The first-order valence-corrected chi connectivity index (χ1v) is 6.37. The molecule has 0 spiro atoms. The third-order valence-corrected chi connectivity index (χ3v) is 3.57. The average Bonchev–Trinajstić information content (AvgIpc) is 2.68. The van der Waals surface area contributed by atoms with Crippen LogP contribution in [0.5, 0.6) is 0 Å². The van der Waals surface area contributed by atoms with Gasteiger partial charge in [-0.05, 0) is 18.8 Å². The van der Waals surface area contributed by atoms with Crippen LogP contribution in [0.1, 0.15) is 25.3 Å². The van der Waals surface area contributed by atoms with E-state index in [1.54, 1.807) is 17.9 Å². The molecule has 1 aliphatic rings. The van der Waals surface area contributed by atoms with Crippen LogP contribution in [0.15, 0.2) is 6.20 Å². The zero-order chi connectivity index (χ0) is 13.1. The number of nitrogen functional groups attached to an aromatic ring is 1. The molecule has 1 aromatic heterocycles. The van der Waals surface area contributed by atoms with Crippen LogP contribution in [0.25, 0.3) is 0 Å². The zero-order valence-electron chi connectivity index (χ0n) is 11.0. The van der Waals surface area contributed by atoms with Crippen molar-refractivity contribution in [2.75, 3.05) is 18.8 Å². The maximum atomic E-state index is 11.9. The summed E-state index contributed by atoms with van der Waals surface area (Å²) in [7, 11) is 1.78. The largest absolute Gasteiger partial charge is 0.384 e. The minimum atomic E-state index is -0.00912. The van der Waals surface area contributed by atoms with E-state index in [2.05, 4.69) is 17.3 Å². The van der Waals surface area contributed by atoms with Gasteiger partial charge in [-0.1, -0.05) is 6.92 Å². The van der Waals surface area contributed by atoms with Gasteiger partial charge < -0.3 is 16.0 Å². The van der Waals surface area contributed by atoms with Crippen LogP contribution in [0, 0.1) is 5.92 Å². The molecule has 1 aromatic rings. The number of rotatable bonds is 2. The van der Waals surface area contributed by atoms with E-state index in [0.29, 0.717) is 12.4 Å². The van der Waals surface area contributed by atoms with Gasteiger partial charge >= 0.3 is 6.03 Å². The molecular formula is C12H21N5O. The van der Waals surface area contributed by atoms with E-state index in [1.807, 2.05) is 4.90 Å². The number of aryl methyl sites for hydroxylation is 1. The van der Waals surface area contributed by atoms with Gasteiger partial charge in [0.2, 0.25) is 0 Å². The molecule has 3 N–H and O–H groups in total. The van der Waals surface area contributed by atoms with Crippen molar-refractivity contribution in [3.63, 3.8) is 0 Å². The molecule has 0 aliphatic carbocycles. The molecule has 1 aliphatic heterocycles. The molecule has 6 nitrogen and oxygen atoms in total. The summed E-state index contributed by atoms with van der Waals surface area (Å²) in [5.74, 6) is 1.32. The van der Waals surface area contributed by atoms with Gasteiger partial charge in [-0.3, -0.25) is 4.68 Å². The van der Waals surface area contributed by atoms with Crippen LogP contribution >= 0.6 is 0 Å². The first-order valence-electron chi connectivity index (χ1n) is 6.37. The summed E-state index contributed by atoms with van der Waals surface area (Å²) in [6.45, 7) is 4.35. The summed E-state index contributed by atoms with van der Waals surface area (Å²) in [5, 5.41) is 6.93. The summed E-state index contributed by atoms with van der Waals surface area (Å²) in [4.78, 5) is 13.8. The van der Waals surface area contributed by atoms with Crippen LogP contribution in [0.2, 0.25) is 0 Å². The number of carbonyl (C=O) groups excluding carboxylic acids is 1. The highest BCUT2D eigenvalue weighted by Crippen LogP contribution is 2.16. The van der Waals surface area contributed by atoms with E-state index in [0.717, 1.165) is 37.4 Å². The summed E-state index contributed by atoms with van der Waals surface area (Å²) in [5.41, 5.74) is 6.68. The van der Waals surface area contributed by atoms with Crippen LogP contribution < -0.4 is 11.1 Å². The molecule has 0 saturated carbocycles. The van der Waals surface area contributed by atoms with Gasteiger partial charge in [0.05, 0.1) is 6.20 Å². The van der Waals surface area contributed by atoms with Crippen molar-refractivity contribution < 1.29 is 4.79 Å². The molecule has 0 aromatic carbocycles. The van der Waals surface area contributed by atoms with E-state index in [-0.39, 0.29) is 6.03 Å². The number of amides is 2. The smallest absolute Gasteiger partial charge is 0.317 e. The Kier molecular flexibility index (Phi) is 3.74. The normalized spacial score (nSPS) is 16.9. The van der Waals surface area contributed by atoms with Gasteiger partial charge in [-0.2, -0.15) is 5.10 Å². The fourth-order valence-corrected chi connectivity index (χ4v) is 2.12. The monoisotopic (exact) mass is 251 g/mol. The lowest BCUT2D eigenvalue weighted by Crippen LogP contribution is -2.43. The van der Waals surface area contributed by atoms with Crippen molar-refractivity contribution in [1.82, 2.24) is 20.0 Å². The lowest BCUT2D eigenvalue weighted by atomic mass is 10.00. The quantitative estimate of drug-likeness (QED) is 0.821. The minimum absolute atomic E-state index is 0.00912. The maximum absolute atomic E-state index is 11.9. The second kappa shape index (κ2) is 5.29. The molecule has 0 unspecified atom stereocenters. The Labute approximate surface area is 107 Å². The molecule has 100 valence electrons. The number of hydrogen-bond acceptors (Lipinski definition) is 3. The van der Waals surface area contributed by atoms with Gasteiger partial charge in [0.1, 0.15) is 5.82 Å². The number of nitrogens with one attached hydrogen (secondary N) is 1. The number of piperidine rings is 1. The van der Waals surface area contributed by atoms with Gasteiger partial charge in [0.25, 0.3) is 0 Å². The number of nitrogens with two attached hydrogens (primary N) is 1. The molecule has 2 heterocycles. The highest BCUT2D eigenvalue weighted by molar-refractivity contribution is 5.74. The van der Waals surface area contributed by atoms with E-state index >= 15 is 0 Å². The van der Waals surface area contributed by atoms with Crippen LogP contribution in [0.3, 0.4) is 0 Å².